The van der Waals surface area contributed by atoms with Crippen LogP contribution in [0.15, 0.2) is 46.9 Å². The van der Waals surface area contributed by atoms with Gasteiger partial charge in [0.15, 0.2) is 5.58 Å². The molecule has 0 radical (unpaired) electrons. The minimum Gasteiger partial charge on any atom is -0.423 e. The van der Waals surface area contributed by atoms with Crippen molar-refractivity contribution in [3.8, 4) is 0 Å². The standard InChI is InChI=1S/C14H11ClN2O/c1-9-8-10(15)6-7-11(9)16-14-17-12-4-2-3-5-13(12)18-14/h2-8H,1H3,(H,16,17). The van der Waals surface area contributed by atoms with Gasteiger partial charge in [-0.15, -0.1) is 0 Å². The number of benzene rings is 2. The fraction of sp³-hybridized carbons (Fsp3) is 0.0714. The Morgan fingerprint density at radius 3 is 2.78 bits per heavy atom. The number of fused-ring (bicyclic) bond motifs is 1. The summed E-state index contributed by atoms with van der Waals surface area (Å²) in [6.45, 7) is 1.98. The van der Waals surface area contributed by atoms with Crippen molar-refractivity contribution in [3.05, 3.63) is 53.1 Å². The molecule has 2 aromatic carbocycles. The lowest BCUT2D eigenvalue weighted by atomic mass is 10.2. The van der Waals surface area contributed by atoms with Crippen molar-refractivity contribution in [2.75, 3.05) is 5.32 Å². The Bertz CT molecular complexity index is 673. The number of nitrogens with zero attached hydrogens (tertiary/aromatic N) is 1. The number of rotatable bonds is 2. The quantitative estimate of drug-likeness (QED) is 0.734. The van der Waals surface area contributed by atoms with Crippen LogP contribution in [-0.4, -0.2) is 4.98 Å². The predicted octanol–water partition coefficient (Wildman–Crippen LogP) is 4.53. The van der Waals surface area contributed by atoms with Crippen molar-refractivity contribution in [2.45, 2.75) is 6.92 Å². The van der Waals surface area contributed by atoms with E-state index in [0.717, 1.165) is 27.4 Å². The molecule has 3 rings (SSSR count). The number of aryl methyl sites for hydroxylation is 1. The van der Waals surface area contributed by atoms with E-state index >= 15 is 0 Å². The maximum absolute atomic E-state index is 5.92. The summed E-state index contributed by atoms with van der Waals surface area (Å²) < 4.78 is 5.60. The van der Waals surface area contributed by atoms with E-state index in [1.54, 1.807) is 0 Å². The minimum atomic E-state index is 0.488. The highest BCUT2D eigenvalue weighted by molar-refractivity contribution is 6.30. The van der Waals surface area contributed by atoms with Gasteiger partial charge in [-0.3, -0.25) is 0 Å². The number of anilines is 2. The zero-order valence-electron chi connectivity index (χ0n) is 9.77. The van der Waals surface area contributed by atoms with E-state index in [1.165, 1.54) is 0 Å². The molecule has 0 saturated carbocycles. The summed E-state index contributed by atoms with van der Waals surface area (Å²) in [5.41, 5.74) is 3.59. The van der Waals surface area contributed by atoms with Gasteiger partial charge in [0.05, 0.1) is 0 Å². The molecule has 0 atom stereocenters. The molecule has 0 spiro atoms. The molecule has 90 valence electrons. The summed E-state index contributed by atoms with van der Waals surface area (Å²) >= 11 is 5.92. The van der Waals surface area contributed by atoms with Gasteiger partial charge in [0.25, 0.3) is 6.01 Å². The number of para-hydroxylation sites is 2. The van der Waals surface area contributed by atoms with Crippen molar-refractivity contribution in [1.82, 2.24) is 4.98 Å². The van der Waals surface area contributed by atoms with Gasteiger partial charge in [-0.25, -0.2) is 0 Å². The number of nitrogens with one attached hydrogen (secondary N) is 1. The van der Waals surface area contributed by atoms with Gasteiger partial charge in [-0.05, 0) is 42.8 Å². The van der Waals surface area contributed by atoms with E-state index in [-0.39, 0.29) is 0 Å². The van der Waals surface area contributed by atoms with Crippen LogP contribution in [0, 0.1) is 6.92 Å². The molecule has 3 aromatic rings. The van der Waals surface area contributed by atoms with Gasteiger partial charge in [-0.1, -0.05) is 23.7 Å². The second-order valence-corrected chi connectivity index (χ2v) is 4.51. The fourth-order valence-corrected chi connectivity index (χ4v) is 2.03. The highest BCUT2D eigenvalue weighted by Crippen LogP contribution is 2.25. The molecule has 0 amide bonds. The lowest BCUT2D eigenvalue weighted by Gasteiger charge is -2.05. The van der Waals surface area contributed by atoms with Crippen LogP contribution in [0.5, 0.6) is 0 Å². The third-order valence-corrected chi connectivity index (χ3v) is 2.96. The number of aromatic nitrogens is 1. The smallest absolute Gasteiger partial charge is 0.300 e. The molecule has 0 fully saturated rings. The maximum atomic E-state index is 5.92. The molecule has 1 aromatic heterocycles. The Labute approximate surface area is 109 Å². The second kappa shape index (κ2) is 4.35. The van der Waals surface area contributed by atoms with Crippen LogP contribution < -0.4 is 5.32 Å². The zero-order chi connectivity index (χ0) is 12.5. The molecule has 1 heterocycles. The van der Waals surface area contributed by atoms with Crippen molar-refractivity contribution in [1.29, 1.82) is 0 Å². The molecule has 3 nitrogen and oxygen atoms in total. The molecule has 1 N–H and O–H groups in total. The highest BCUT2D eigenvalue weighted by atomic mass is 35.5. The van der Waals surface area contributed by atoms with Gasteiger partial charge in [0, 0.05) is 10.7 Å². The first-order chi connectivity index (χ1) is 8.72. The molecular formula is C14H11ClN2O. The number of oxazole rings is 1. The Balaban J connectivity index is 1.96. The molecule has 18 heavy (non-hydrogen) atoms. The Hall–Kier alpha value is -2.00. The van der Waals surface area contributed by atoms with Crippen LogP contribution in [0.2, 0.25) is 5.02 Å². The van der Waals surface area contributed by atoms with E-state index in [9.17, 15) is 0 Å². The normalized spacial score (nSPS) is 10.8. The maximum Gasteiger partial charge on any atom is 0.300 e. The monoisotopic (exact) mass is 258 g/mol. The van der Waals surface area contributed by atoms with E-state index in [4.69, 9.17) is 16.0 Å². The predicted molar refractivity (Wildman–Crippen MR) is 73.5 cm³/mol. The average molecular weight is 259 g/mol. The van der Waals surface area contributed by atoms with Crippen molar-refractivity contribution in [3.63, 3.8) is 0 Å². The fourth-order valence-electron chi connectivity index (χ4n) is 1.81. The second-order valence-electron chi connectivity index (χ2n) is 4.07. The van der Waals surface area contributed by atoms with Crippen molar-refractivity contribution < 1.29 is 4.42 Å². The van der Waals surface area contributed by atoms with E-state index < -0.39 is 0 Å². The van der Waals surface area contributed by atoms with Gasteiger partial charge in [-0.2, -0.15) is 4.98 Å². The van der Waals surface area contributed by atoms with Crippen LogP contribution in [-0.2, 0) is 0 Å². The molecule has 0 aliphatic rings. The third-order valence-electron chi connectivity index (χ3n) is 2.72. The first-order valence-corrected chi connectivity index (χ1v) is 5.99. The zero-order valence-corrected chi connectivity index (χ0v) is 10.5. The van der Waals surface area contributed by atoms with Gasteiger partial charge >= 0.3 is 0 Å². The molecule has 0 saturated heterocycles. The summed E-state index contributed by atoms with van der Waals surface area (Å²) in [5, 5.41) is 3.87. The largest absolute Gasteiger partial charge is 0.423 e. The summed E-state index contributed by atoms with van der Waals surface area (Å²) in [6, 6.07) is 13.8. The van der Waals surface area contributed by atoms with E-state index in [2.05, 4.69) is 10.3 Å². The molecule has 0 aliphatic carbocycles. The SMILES string of the molecule is Cc1cc(Cl)ccc1Nc1nc2ccccc2o1. The van der Waals surface area contributed by atoms with Gasteiger partial charge in [0.2, 0.25) is 0 Å². The molecular weight excluding hydrogens is 248 g/mol. The lowest BCUT2D eigenvalue weighted by molar-refractivity contribution is 0.623. The number of hydrogen-bond acceptors (Lipinski definition) is 3. The Morgan fingerprint density at radius 1 is 1.17 bits per heavy atom. The molecule has 0 bridgehead atoms. The minimum absolute atomic E-state index is 0.488. The van der Waals surface area contributed by atoms with E-state index in [1.807, 2.05) is 49.4 Å². The summed E-state index contributed by atoms with van der Waals surface area (Å²) in [5.74, 6) is 0. The molecule has 4 heteroatoms. The van der Waals surface area contributed by atoms with Gasteiger partial charge in [0.1, 0.15) is 5.52 Å². The van der Waals surface area contributed by atoms with Crippen LogP contribution in [0.25, 0.3) is 11.1 Å². The molecule has 0 aliphatic heterocycles. The number of halogens is 1. The average Bonchev–Trinajstić information content (AvgIpc) is 2.75. The summed E-state index contributed by atoms with van der Waals surface area (Å²) in [4.78, 5) is 4.36. The first-order valence-electron chi connectivity index (χ1n) is 5.61. The highest BCUT2D eigenvalue weighted by Gasteiger charge is 2.06. The van der Waals surface area contributed by atoms with Gasteiger partial charge < -0.3 is 9.73 Å². The van der Waals surface area contributed by atoms with Crippen molar-refractivity contribution >= 4 is 34.4 Å². The summed E-state index contributed by atoms with van der Waals surface area (Å²) in [7, 11) is 0. The summed E-state index contributed by atoms with van der Waals surface area (Å²) in [6.07, 6.45) is 0. The van der Waals surface area contributed by atoms with Crippen LogP contribution in [0.3, 0.4) is 0 Å². The molecule has 0 unspecified atom stereocenters. The van der Waals surface area contributed by atoms with Crippen LogP contribution in [0.4, 0.5) is 11.7 Å². The number of hydrogen-bond donors (Lipinski definition) is 1. The topological polar surface area (TPSA) is 38.1 Å². The first kappa shape index (κ1) is 11.1. The van der Waals surface area contributed by atoms with Crippen LogP contribution >= 0.6 is 11.6 Å². The lowest BCUT2D eigenvalue weighted by Crippen LogP contribution is -1.92. The Kier molecular flexibility index (Phi) is 2.68. The third kappa shape index (κ3) is 2.05. The van der Waals surface area contributed by atoms with E-state index in [0.29, 0.717) is 6.01 Å². The van der Waals surface area contributed by atoms with Crippen LogP contribution in [0.1, 0.15) is 5.56 Å². The Morgan fingerprint density at radius 2 is 2.00 bits per heavy atom. The van der Waals surface area contributed by atoms with Crippen molar-refractivity contribution in [2.24, 2.45) is 0 Å².